The van der Waals surface area contributed by atoms with Crippen LogP contribution in [-0.2, 0) is 11.0 Å². The average molecular weight is 274 g/mol. The predicted octanol–water partition coefficient (Wildman–Crippen LogP) is 1.14. The van der Waals surface area contributed by atoms with Gasteiger partial charge in [-0.1, -0.05) is 0 Å². The van der Waals surface area contributed by atoms with Gasteiger partial charge in [0.05, 0.1) is 17.6 Å². The highest BCUT2D eigenvalue weighted by Gasteiger charge is 2.35. The van der Waals surface area contributed by atoms with Crippen LogP contribution in [0.15, 0.2) is 12.3 Å². The molecule has 5 nitrogen and oxygen atoms in total. The van der Waals surface area contributed by atoms with Crippen LogP contribution in [0.4, 0.5) is 24.5 Å². The third-order valence-electron chi connectivity index (χ3n) is 3.09. The molecule has 0 bridgehead atoms. The number of anilines is 2. The minimum absolute atomic E-state index is 0.0983. The number of carbonyl (C=O) groups is 1. The molecule has 1 aromatic heterocycles. The van der Waals surface area contributed by atoms with Gasteiger partial charge in [-0.25, -0.2) is 4.98 Å². The lowest BCUT2D eigenvalue weighted by Crippen LogP contribution is -2.40. The third-order valence-corrected chi connectivity index (χ3v) is 3.09. The number of nitrogens with zero attached hydrogens (tertiary/aromatic N) is 2. The number of nitrogen functional groups attached to an aromatic ring is 1. The summed E-state index contributed by atoms with van der Waals surface area (Å²) < 4.78 is 37.9. The first-order valence-corrected chi connectivity index (χ1v) is 5.69. The summed E-state index contributed by atoms with van der Waals surface area (Å²) in [6.07, 6.45) is -2.41. The predicted molar refractivity (Wildman–Crippen MR) is 63.2 cm³/mol. The molecule has 1 atom stereocenters. The van der Waals surface area contributed by atoms with Gasteiger partial charge in [-0.15, -0.1) is 0 Å². The Balaban J connectivity index is 2.41. The van der Waals surface area contributed by atoms with E-state index in [2.05, 4.69) is 4.98 Å². The average Bonchev–Trinajstić information content (AvgIpc) is 2.76. The molecule has 8 heteroatoms. The summed E-state index contributed by atoms with van der Waals surface area (Å²) in [5.74, 6) is -0.567. The monoisotopic (exact) mass is 274 g/mol. The van der Waals surface area contributed by atoms with Crippen LogP contribution in [0.2, 0.25) is 0 Å². The summed E-state index contributed by atoms with van der Waals surface area (Å²) in [4.78, 5) is 16.0. The van der Waals surface area contributed by atoms with Gasteiger partial charge in [0.2, 0.25) is 5.91 Å². The summed E-state index contributed by atoms with van der Waals surface area (Å²) in [6.45, 7) is 0.444. The zero-order chi connectivity index (χ0) is 14.2. The van der Waals surface area contributed by atoms with Gasteiger partial charge >= 0.3 is 6.18 Å². The Kier molecular flexibility index (Phi) is 3.25. The van der Waals surface area contributed by atoms with Crippen molar-refractivity contribution in [2.45, 2.75) is 25.1 Å². The number of hydrogen-bond acceptors (Lipinski definition) is 4. The highest BCUT2D eigenvalue weighted by atomic mass is 19.4. The number of halogens is 3. The van der Waals surface area contributed by atoms with Crippen LogP contribution in [0.5, 0.6) is 0 Å². The van der Waals surface area contributed by atoms with E-state index in [1.165, 1.54) is 4.90 Å². The topological polar surface area (TPSA) is 85.2 Å². The molecule has 1 aliphatic rings. The van der Waals surface area contributed by atoms with Gasteiger partial charge in [-0.05, 0) is 18.9 Å². The van der Waals surface area contributed by atoms with E-state index in [-0.39, 0.29) is 11.4 Å². The summed E-state index contributed by atoms with van der Waals surface area (Å²) in [5.41, 5.74) is 10.1. The zero-order valence-electron chi connectivity index (χ0n) is 9.94. The largest absolute Gasteiger partial charge is 0.433 e. The van der Waals surface area contributed by atoms with Gasteiger partial charge in [-0.3, -0.25) is 4.79 Å². The lowest BCUT2D eigenvalue weighted by Gasteiger charge is -2.26. The highest BCUT2D eigenvalue weighted by molar-refractivity contribution is 5.86. The summed E-state index contributed by atoms with van der Waals surface area (Å²) in [6, 6.07) is 0.238. The van der Waals surface area contributed by atoms with Crippen LogP contribution < -0.4 is 16.4 Å². The van der Waals surface area contributed by atoms with Gasteiger partial charge in [0.1, 0.15) is 11.7 Å². The van der Waals surface area contributed by atoms with Crippen molar-refractivity contribution in [3.05, 3.63) is 18.0 Å². The van der Waals surface area contributed by atoms with Crippen LogP contribution in [0.1, 0.15) is 18.5 Å². The molecule has 1 amide bonds. The number of carbonyl (C=O) groups excluding carboxylic acids is 1. The SMILES string of the molecule is NC(=O)C1CCCN1c1cc(C(F)(F)F)ncc1N. The van der Waals surface area contributed by atoms with Crippen molar-refractivity contribution in [1.29, 1.82) is 0 Å². The van der Waals surface area contributed by atoms with Gasteiger partial charge in [-0.2, -0.15) is 13.2 Å². The van der Waals surface area contributed by atoms with E-state index >= 15 is 0 Å². The number of aromatic nitrogens is 1. The van der Waals surface area contributed by atoms with Crippen LogP contribution in [0.3, 0.4) is 0 Å². The standard InChI is InChI=1S/C11H13F3N4O/c12-11(13,14)9-4-8(6(15)5-17-9)18-3-1-2-7(18)10(16)19/h4-5,7H,1-3,15H2,(H2,16,19). The second kappa shape index (κ2) is 4.60. The number of primary amides is 1. The van der Waals surface area contributed by atoms with Gasteiger partial charge in [0.25, 0.3) is 0 Å². The number of nitrogens with two attached hydrogens (primary N) is 2. The molecule has 1 unspecified atom stereocenters. The fourth-order valence-corrected chi connectivity index (χ4v) is 2.21. The maximum Gasteiger partial charge on any atom is 0.433 e. The van der Waals surface area contributed by atoms with Crippen LogP contribution in [0, 0.1) is 0 Å². The van der Waals surface area contributed by atoms with Crippen LogP contribution in [0.25, 0.3) is 0 Å². The lowest BCUT2D eigenvalue weighted by molar-refractivity contribution is -0.141. The minimum atomic E-state index is -4.55. The van der Waals surface area contributed by atoms with E-state index in [0.717, 1.165) is 12.3 Å². The van der Waals surface area contributed by atoms with Gasteiger partial charge in [0.15, 0.2) is 0 Å². The van der Waals surface area contributed by atoms with E-state index < -0.39 is 23.8 Å². The lowest BCUT2D eigenvalue weighted by atomic mass is 10.2. The first-order chi connectivity index (χ1) is 8.80. The van der Waals surface area contributed by atoms with Crippen LogP contribution in [-0.4, -0.2) is 23.5 Å². The summed E-state index contributed by atoms with van der Waals surface area (Å²) in [7, 11) is 0. The molecule has 1 saturated heterocycles. The summed E-state index contributed by atoms with van der Waals surface area (Å²) in [5, 5.41) is 0. The molecule has 2 heterocycles. The van der Waals surface area contributed by atoms with Crippen molar-refractivity contribution >= 4 is 17.3 Å². The molecule has 1 fully saturated rings. The third kappa shape index (κ3) is 2.56. The van der Waals surface area contributed by atoms with Crippen molar-refractivity contribution in [3.8, 4) is 0 Å². The Hall–Kier alpha value is -1.99. The molecule has 1 aliphatic heterocycles. The van der Waals surface area contributed by atoms with E-state index in [1.807, 2.05) is 0 Å². The first kappa shape index (κ1) is 13.4. The maximum absolute atomic E-state index is 12.6. The molecule has 104 valence electrons. The zero-order valence-corrected chi connectivity index (χ0v) is 9.94. The molecule has 0 aliphatic carbocycles. The second-order valence-corrected chi connectivity index (χ2v) is 4.38. The fraction of sp³-hybridized carbons (Fsp3) is 0.455. The molecule has 1 aromatic rings. The minimum Gasteiger partial charge on any atom is -0.396 e. The molecule has 0 saturated carbocycles. The van der Waals surface area contributed by atoms with Crippen molar-refractivity contribution in [2.75, 3.05) is 17.2 Å². The second-order valence-electron chi connectivity index (χ2n) is 4.38. The van der Waals surface area contributed by atoms with E-state index in [0.29, 0.717) is 19.4 Å². The molecule has 0 radical (unpaired) electrons. The van der Waals surface area contributed by atoms with Gasteiger partial charge in [0, 0.05) is 6.54 Å². The van der Waals surface area contributed by atoms with Crippen molar-refractivity contribution in [2.24, 2.45) is 5.73 Å². The quantitative estimate of drug-likeness (QED) is 0.846. The van der Waals surface area contributed by atoms with Crippen molar-refractivity contribution in [1.82, 2.24) is 4.98 Å². The number of alkyl halides is 3. The Morgan fingerprint density at radius 2 is 2.16 bits per heavy atom. The normalized spacial score (nSPS) is 19.7. The van der Waals surface area contributed by atoms with Crippen molar-refractivity contribution < 1.29 is 18.0 Å². The Labute approximate surface area is 107 Å². The molecule has 0 spiro atoms. The van der Waals surface area contributed by atoms with E-state index in [9.17, 15) is 18.0 Å². The molecule has 19 heavy (non-hydrogen) atoms. The van der Waals surface area contributed by atoms with Crippen LogP contribution >= 0.6 is 0 Å². The van der Waals surface area contributed by atoms with Gasteiger partial charge < -0.3 is 16.4 Å². The number of amides is 1. The number of rotatable bonds is 2. The molecular formula is C11H13F3N4O. The Morgan fingerprint density at radius 3 is 2.74 bits per heavy atom. The van der Waals surface area contributed by atoms with E-state index in [4.69, 9.17) is 11.5 Å². The van der Waals surface area contributed by atoms with E-state index in [1.54, 1.807) is 0 Å². The number of pyridine rings is 1. The smallest absolute Gasteiger partial charge is 0.396 e. The number of hydrogen-bond donors (Lipinski definition) is 2. The molecule has 2 rings (SSSR count). The summed E-state index contributed by atoms with van der Waals surface area (Å²) >= 11 is 0. The maximum atomic E-state index is 12.6. The molecule has 4 N–H and O–H groups in total. The first-order valence-electron chi connectivity index (χ1n) is 5.69. The Morgan fingerprint density at radius 1 is 1.47 bits per heavy atom. The Bertz CT molecular complexity index is 503. The molecular weight excluding hydrogens is 261 g/mol. The fourth-order valence-electron chi connectivity index (χ4n) is 2.21. The highest BCUT2D eigenvalue weighted by Crippen LogP contribution is 2.35. The van der Waals surface area contributed by atoms with Crippen molar-refractivity contribution in [3.63, 3.8) is 0 Å². The molecule has 0 aromatic carbocycles.